The fourth-order valence-electron chi connectivity index (χ4n) is 2.04. The number of nitriles is 1. The molecule has 0 aliphatic rings. The summed E-state index contributed by atoms with van der Waals surface area (Å²) < 4.78 is 18.0. The molecule has 114 valence electrons. The molecule has 0 N–H and O–H groups in total. The minimum Gasteiger partial charge on any atom is -0.380 e. The Labute approximate surface area is 131 Å². The summed E-state index contributed by atoms with van der Waals surface area (Å²) in [7, 11) is 1.57. The highest BCUT2D eigenvalue weighted by atomic mass is 19.1. The molecule has 0 fully saturated rings. The summed E-state index contributed by atoms with van der Waals surface area (Å²) in [5.41, 5.74) is 2.27. The van der Waals surface area contributed by atoms with Crippen LogP contribution in [0, 0.1) is 17.1 Å². The predicted octanol–water partition coefficient (Wildman–Crippen LogP) is 1.88. The van der Waals surface area contributed by atoms with Crippen LogP contribution in [0.4, 0.5) is 4.39 Å². The highest BCUT2D eigenvalue weighted by molar-refractivity contribution is 5.48. The van der Waals surface area contributed by atoms with E-state index in [4.69, 9.17) is 10.00 Å². The minimum absolute atomic E-state index is 0.264. The number of hydrogen-bond donors (Lipinski definition) is 0. The van der Waals surface area contributed by atoms with Gasteiger partial charge in [-0.1, -0.05) is 0 Å². The van der Waals surface area contributed by atoms with Crippen LogP contribution < -0.4 is 0 Å². The largest absolute Gasteiger partial charge is 0.380 e. The van der Waals surface area contributed by atoms with Gasteiger partial charge >= 0.3 is 0 Å². The average molecular weight is 310 g/mol. The van der Waals surface area contributed by atoms with Crippen molar-refractivity contribution in [2.45, 2.75) is 6.61 Å². The van der Waals surface area contributed by atoms with Crippen LogP contribution in [0.15, 0.2) is 36.5 Å². The maximum Gasteiger partial charge on any atom is 0.223 e. The van der Waals surface area contributed by atoms with Gasteiger partial charge in [-0.3, -0.25) is 0 Å². The van der Waals surface area contributed by atoms with E-state index in [0.717, 1.165) is 11.8 Å². The van der Waals surface area contributed by atoms with Crippen LogP contribution >= 0.6 is 0 Å². The van der Waals surface area contributed by atoms with Gasteiger partial charge in [-0.05, 0) is 41.1 Å². The molecule has 0 unspecified atom stereocenters. The zero-order chi connectivity index (χ0) is 16.2. The van der Waals surface area contributed by atoms with Crippen LogP contribution in [-0.2, 0) is 11.3 Å². The standard InChI is InChI=1S/C15H11FN6O/c1-23-9-11-4-10(7-17)5-13(6-11)22-20-15(19-21-22)14-3-2-12(16)8-18-14/h2-6,8H,9H2,1H3. The Morgan fingerprint density at radius 3 is 2.87 bits per heavy atom. The second kappa shape index (κ2) is 6.29. The Hall–Kier alpha value is -3.18. The summed E-state index contributed by atoms with van der Waals surface area (Å²) >= 11 is 0. The fraction of sp³-hybridized carbons (Fsp3) is 0.133. The molecule has 3 rings (SSSR count). The Morgan fingerprint density at radius 2 is 2.17 bits per heavy atom. The molecule has 0 saturated carbocycles. The van der Waals surface area contributed by atoms with Gasteiger partial charge in [0.2, 0.25) is 5.82 Å². The van der Waals surface area contributed by atoms with Crippen molar-refractivity contribution in [3.63, 3.8) is 0 Å². The quantitative estimate of drug-likeness (QED) is 0.731. The van der Waals surface area contributed by atoms with Gasteiger partial charge in [0, 0.05) is 7.11 Å². The monoisotopic (exact) mass is 310 g/mol. The van der Waals surface area contributed by atoms with E-state index in [0.29, 0.717) is 23.6 Å². The molecule has 2 heterocycles. The van der Waals surface area contributed by atoms with Gasteiger partial charge in [0.05, 0.1) is 30.1 Å². The van der Waals surface area contributed by atoms with E-state index in [9.17, 15) is 4.39 Å². The number of rotatable bonds is 4. The van der Waals surface area contributed by atoms with E-state index >= 15 is 0 Å². The molecule has 23 heavy (non-hydrogen) atoms. The van der Waals surface area contributed by atoms with Crippen LogP contribution in [0.5, 0.6) is 0 Å². The highest BCUT2D eigenvalue weighted by Gasteiger charge is 2.10. The van der Waals surface area contributed by atoms with Gasteiger partial charge < -0.3 is 4.74 Å². The van der Waals surface area contributed by atoms with Crippen molar-refractivity contribution in [1.29, 1.82) is 5.26 Å². The molecule has 0 bridgehead atoms. The second-order valence-electron chi connectivity index (χ2n) is 4.70. The third-order valence-corrected chi connectivity index (χ3v) is 3.02. The van der Waals surface area contributed by atoms with Crippen LogP contribution in [0.25, 0.3) is 17.2 Å². The van der Waals surface area contributed by atoms with Gasteiger partial charge in [0.15, 0.2) is 0 Å². The Balaban J connectivity index is 1.98. The molecule has 0 atom stereocenters. The molecule has 0 radical (unpaired) electrons. The third kappa shape index (κ3) is 3.20. The minimum atomic E-state index is -0.438. The first-order valence-electron chi connectivity index (χ1n) is 6.65. The maximum absolute atomic E-state index is 12.9. The zero-order valence-electron chi connectivity index (χ0n) is 12.1. The Bertz CT molecular complexity index is 868. The summed E-state index contributed by atoms with van der Waals surface area (Å²) in [5.74, 6) is -0.173. The Kier molecular flexibility index (Phi) is 4.03. The molecule has 0 amide bonds. The lowest BCUT2D eigenvalue weighted by Gasteiger charge is -2.04. The number of halogens is 1. The van der Waals surface area contributed by atoms with Crippen LogP contribution in [0.2, 0.25) is 0 Å². The smallest absolute Gasteiger partial charge is 0.223 e. The summed E-state index contributed by atoms with van der Waals surface area (Å²) in [4.78, 5) is 5.20. The molecule has 7 nitrogen and oxygen atoms in total. The van der Waals surface area contributed by atoms with E-state index in [1.807, 2.05) is 0 Å². The van der Waals surface area contributed by atoms with Crippen LogP contribution in [-0.4, -0.2) is 32.3 Å². The zero-order valence-corrected chi connectivity index (χ0v) is 12.1. The van der Waals surface area contributed by atoms with Gasteiger partial charge in [0.25, 0.3) is 0 Å². The summed E-state index contributed by atoms with van der Waals surface area (Å²) in [6.45, 7) is 0.365. The normalized spacial score (nSPS) is 10.5. The molecule has 0 aliphatic carbocycles. The first-order valence-corrected chi connectivity index (χ1v) is 6.65. The number of tetrazole rings is 1. The lowest BCUT2D eigenvalue weighted by molar-refractivity contribution is 0.185. The van der Waals surface area contributed by atoms with Crippen molar-refractivity contribution in [3.05, 3.63) is 53.5 Å². The number of hydrogen-bond acceptors (Lipinski definition) is 6. The van der Waals surface area contributed by atoms with Crippen LogP contribution in [0.1, 0.15) is 11.1 Å². The van der Waals surface area contributed by atoms with Crippen molar-refractivity contribution in [2.24, 2.45) is 0 Å². The molecule has 0 spiro atoms. The number of benzene rings is 1. The number of pyridine rings is 1. The molecule has 0 aliphatic heterocycles. The van der Waals surface area contributed by atoms with Crippen molar-refractivity contribution >= 4 is 0 Å². The molecule has 2 aromatic heterocycles. The predicted molar refractivity (Wildman–Crippen MR) is 77.8 cm³/mol. The second-order valence-corrected chi connectivity index (χ2v) is 4.70. The van der Waals surface area contributed by atoms with Gasteiger partial charge in [0.1, 0.15) is 11.5 Å². The van der Waals surface area contributed by atoms with E-state index in [1.165, 1.54) is 16.9 Å². The van der Waals surface area contributed by atoms with Crippen molar-refractivity contribution in [3.8, 4) is 23.3 Å². The van der Waals surface area contributed by atoms with E-state index in [1.54, 1.807) is 25.3 Å². The average Bonchev–Trinajstić information content (AvgIpc) is 3.05. The van der Waals surface area contributed by atoms with Crippen molar-refractivity contribution in [1.82, 2.24) is 25.2 Å². The molecule has 3 aromatic rings. The lowest BCUT2D eigenvalue weighted by Crippen LogP contribution is -2.02. The maximum atomic E-state index is 12.9. The van der Waals surface area contributed by atoms with E-state index in [-0.39, 0.29) is 5.82 Å². The summed E-state index contributed by atoms with van der Waals surface area (Å²) in [5, 5.41) is 21.2. The van der Waals surface area contributed by atoms with E-state index in [2.05, 4.69) is 26.5 Å². The van der Waals surface area contributed by atoms with Crippen LogP contribution in [0.3, 0.4) is 0 Å². The lowest BCUT2D eigenvalue weighted by atomic mass is 10.1. The topological polar surface area (TPSA) is 89.5 Å². The highest BCUT2D eigenvalue weighted by Crippen LogP contribution is 2.16. The van der Waals surface area contributed by atoms with Gasteiger partial charge in [-0.2, -0.15) is 5.26 Å². The molecule has 0 saturated heterocycles. The van der Waals surface area contributed by atoms with Gasteiger partial charge in [-0.15, -0.1) is 15.0 Å². The first-order chi connectivity index (χ1) is 11.2. The fourth-order valence-corrected chi connectivity index (χ4v) is 2.04. The van der Waals surface area contributed by atoms with E-state index < -0.39 is 5.82 Å². The number of methoxy groups -OCH3 is 1. The number of ether oxygens (including phenoxy) is 1. The van der Waals surface area contributed by atoms with Gasteiger partial charge in [-0.25, -0.2) is 9.37 Å². The summed E-state index contributed by atoms with van der Waals surface area (Å²) in [6, 6.07) is 10.00. The summed E-state index contributed by atoms with van der Waals surface area (Å²) in [6.07, 6.45) is 1.09. The molecular formula is C15H11FN6O. The molecular weight excluding hydrogens is 299 g/mol. The number of nitrogens with zero attached hydrogens (tertiary/aromatic N) is 6. The molecule has 1 aromatic carbocycles. The Morgan fingerprint density at radius 1 is 1.30 bits per heavy atom. The van der Waals surface area contributed by atoms with Crippen molar-refractivity contribution in [2.75, 3.05) is 7.11 Å². The van der Waals surface area contributed by atoms with Crippen molar-refractivity contribution < 1.29 is 9.13 Å². The third-order valence-electron chi connectivity index (χ3n) is 3.02. The molecule has 8 heteroatoms. The number of aromatic nitrogens is 5. The SMILES string of the molecule is COCc1cc(C#N)cc(-n2nnc(-c3ccc(F)cn3)n2)c1. The first kappa shape index (κ1) is 14.7.